The number of halogens is 2. The predicted molar refractivity (Wildman–Crippen MR) is 138 cm³/mol. The van der Waals surface area contributed by atoms with Crippen LogP contribution in [0.4, 0.5) is 5.69 Å². The summed E-state index contributed by atoms with van der Waals surface area (Å²) in [6.07, 6.45) is 1.51. The van der Waals surface area contributed by atoms with Gasteiger partial charge >= 0.3 is 5.97 Å². The normalized spacial score (nSPS) is 15.1. The topological polar surface area (TPSA) is 91.6 Å². The number of hydrogen-bond acceptors (Lipinski definition) is 4. The van der Waals surface area contributed by atoms with Crippen molar-refractivity contribution in [1.29, 1.82) is 0 Å². The zero-order valence-electron chi connectivity index (χ0n) is 17.9. The zero-order valence-corrected chi connectivity index (χ0v) is 21.1. The number of anilines is 1. The van der Waals surface area contributed by atoms with Crippen molar-refractivity contribution in [2.24, 2.45) is 0 Å². The molecule has 7 nitrogen and oxygen atoms in total. The number of carboxylic acids is 1. The fourth-order valence-corrected chi connectivity index (χ4v) is 4.48. The highest BCUT2D eigenvalue weighted by Crippen LogP contribution is 2.29. The van der Waals surface area contributed by atoms with Crippen LogP contribution < -0.4 is 10.2 Å². The third kappa shape index (κ3) is 4.29. The van der Waals surface area contributed by atoms with Crippen LogP contribution in [0.15, 0.2) is 58.6 Å². The van der Waals surface area contributed by atoms with E-state index in [1.807, 2.05) is 42.7 Å². The Morgan fingerprint density at radius 3 is 2.53 bits per heavy atom. The van der Waals surface area contributed by atoms with Crippen LogP contribution in [0, 0.1) is 13.8 Å². The summed E-state index contributed by atoms with van der Waals surface area (Å²) in [7, 11) is 0. The van der Waals surface area contributed by atoms with Gasteiger partial charge in [-0.3, -0.25) is 19.8 Å². The first-order valence-electron chi connectivity index (χ1n) is 9.97. The summed E-state index contributed by atoms with van der Waals surface area (Å²) >= 11 is 14.9. The molecule has 2 amide bonds. The molecule has 0 atom stereocenters. The molecule has 172 valence electrons. The van der Waals surface area contributed by atoms with Crippen molar-refractivity contribution in [1.82, 2.24) is 9.88 Å². The van der Waals surface area contributed by atoms with Gasteiger partial charge in [-0.1, -0.05) is 17.7 Å². The Bertz CT molecular complexity index is 1430. The first-order chi connectivity index (χ1) is 16.1. The summed E-state index contributed by atoms with van der Waals surface area (Å²) < 4.78 is 2.74. The molecule has 3 aromatic rings. The molecule has 10 heteroatoms. The number of benzene rings is 2. The third-order valence-electron chi connectivity index (χ3n) is 5.38. The predicted octanol–water partition coefficient (Wildman–Crippen LogP) is 5.04. The second-order valence-electron chi connectivity index (χ2n) is 7.57. The molecule has 0 unspecified atom stereocenters. The lowest BCUT2D eigenvalue weighted by Gasteiger charge is -2.29. The molecule has 2 N–H and O–H groups in total. The van der Waals surface area contributed by atoms with E-state index < -0.39 is 17.8 Å². The number of aromatic carboxylic acids is 1. The Balaban J connectivity index is 1.77. The summed E-state index contributed by atoms with van der Waals surface area (Å²) in [6, 6.07) is 13.2. The highest BCUT2D eigenvalue weighted by atomic mass is 79.9. The minimum Gasteiger partial charge on any atom is -0.478 e. The smallest absolute Gasteiger partial charge is 0.335 e. The average Bonchev–Trinajstić information content (AvgIpc) is 3.06. The first kappa shape index (κ1) is 23.9. The lowest BCUT2D eigenvalue weighted by molar-refractivity contribution is -0.122. The summed E-state index contributed by atoms with van der Waals surface area (Å²) in [5, 5.41) is 12.2. The molecular weight excluding hydrogens is 542 g/mol. The van der Waals surface area contributed by atoms with Crippen LogP contribution in [-0.2, 0) is 9.59 Å². The van der Waals surface area contributed by atoms with Gasteiger partial charge < -0.3 is 9.67 Å². The highest BCUT2D eigenvalue weighted by molar-refractivity contribution is 9.10. The maximum atomic E-state index is 13.3. The second-order valence-corrected chi connectivity index (χ2v) is 9.22. The van der Waals surface area contributed by atoms with Crippen LogP contribution in [0.1, 0.15) is 27.3 Å². The maximum Gasteiger partial charge on any atom is 0.335 e. The zero-order chi connectivity index (χ0) is 24.7. The fourth-order valence-electron chi connectivity index (χ4n) is 3.78. The van der Waals surface area contributed by atoms with Gasteiger partial charge in [0.1, 0.15) is 5.57 Å². The minimum atomic E-state index is -1.14. The largest absolute Gasteiger partial charge is 0.478 e. The van der Waals surface area contributed by atoms with E-state index in [0.29, 0.717) is 10.6 Å². The van der Waals surface area contributed by atoms with Crippen molar-refractivity contribution in [2.75, 3.05) is 4.90 Å². The molecule has 4 rings (SSSR count). The van der Waals surface area contributed by atoms with Gasteiger partial charge in [0.25, 0.3) is 11.8 Å². The molecular formula is C24H17BrClN3O4S. The number of carboxylic acid groups (broad SMARTS) is 1. The van der Waals surface area contributed by atoms with Crippen molar-refractivity contribution in [2.45, 2.75) is 13.8 Å². The molecule has 0 bridgehead atoms. The molecule has 0 saturated carbocycles. The van der Waals surface area contributed by atoms with E-state index in [1.165, 1.54) is 24.3 Å². The van der Waals surface area contributed by atoms with Crippen molar-refractivity contribution < 1.29 is 19.5 Å². The molecule has 1 aliphatic rings. The van der Waals surface area contributed by atoms with Crippen LogP contribution in [0.2, 0.25) is 5.02 Å². The summed E-state index contributed by atoms with van der Waals surface area (Å²) in [5.41, 5.74) is 3.30. The molecule has 2 heterocycles. The molecule has 2 aromatic carbocycles. The maximum absolute atomic E-state index is 13.3. The van der Waals surface area contributed by atoms with Crippen molar-refractivity contribution >= 4 is 74.4 Å². The molecule has 0 radical (unpaired) electrons. The minimum absolute atomic E-state index is 0.00719. The molecule has 0 spiro atoms. The van der Waals surface area contributed by atoms with E-state index >= 15 is 0 Å². The van der Waals surface area contributed by atoms with Crippen LogP contribution in [-0.4, -0.2) is 32.6 Å². The van der Waals surface area contributed by atoms with E-state index in [9.17, 15) is 19.5 Å². The first-order valence-corrected chi connectivity index (χ1v) is 11.6. The van der Waals surface area contributed by atoms with Crippen LogP contribution in [0.25, 0.3) is 11.8 Å². The molecule has 0 aliphatic carbocycles. The SMILES string of the molecule is Cc1cc(C=C2C(=O)NC(=S)N(c3cccc(C(=O)O)c3)C2=O)c(C)n1-c1ccc(Br)c(Cl)c1. The summed E-state index contributed by atoms with van der Waals surface area (Å²) in [5.74, 6) is -2.41. The Hall–Kier alpha value is -3.27. The quantitative estimate of drug-likeness (QED) is 0.266. The molecule has 1 aliphatic heterocycles. The standard InChI is InChI=1S/C24H17BrClN3O4S/c1-12-8-15(13(2)28(12)17-6-7-19(25)20(26)11-17)10-18-21(30)27-24(34)29(22(18)31)16-5-3-4-14(9-16)23(32)33/h3-11H,1-2H3,(H,32,33)(H,27,30,34). The number of amides is 2. The Labute approximate surface area is 213 Å². The Morgan fingerprint density at radius 2 is 1.85 bits per heavy atom. The van der Waals surface area contributed by atoms with Gasteiger partial charge in [-0.2, -0.15) is 0 Å². The summed E-state index contributed by atoms with van der Waals surface area (Å²) in [6.45, 7) is 3.78. The van der Waals surface area contributed by atoms with Gasteiger partial charge in [0.15, 0.2) is 5.11 Å². The monoisotopic (exact) mass is 557 g/mol. The van der Waals surface area contributed by atoms with Gasteiger partial charge in [0.05, 0.1) is 16.3 Å². The summed E-state index contributed by atoms with van der Waals surface area (Å²) in [4.78, 5) is 38.5. The number of thiocarbonyl (C=S) groups is 1. The number of carbonyl (C=O) groups excluding carboxylic acids is 2. The molecule has 1 aromatic heterocycles. The van der Waals surface area contributed by atoms with Gasteiger partial charge in [0.2, 0.25) is 0 Å². The van der Waals surface area contributed by atoms with Crippen LogP contribution >= 0.6 is 39.7 Å². The number of aryl methyl sites for hydroxylation is 1. The number of rotatable bonds is 4. The molecule has 1 fully saturated rings. The van der Waals surface area contributed by atoms with Crippen molar-refractivity contribution in [3.8, 4) is 5.69 Å². The van der Waals surface area contributed by atoms with Crippen LogP contribution in [0.3, 0.4) is 0 Å². The number of hydrogen-bond donors (Lipinski definition) is 2. The highest BCUT2D eigenvalue weighted by Gasteiger charge is 2.35. The van der Waals surface area contributed by atoms with Gasteiger partial charge in [-0.05, 0) is 96.1 Å². The Morgan fingerprint density at radius 1 is 1.12 bits per heavy atom. The van der Waals surface area contributed by atoms with E-state index in [4.69, 9.17) is 23.8 Å². The Kier molecular flexibility index (Phi) is 6.44. The van der Waals surface area contributed by atoms with E-state index in [0.717, 1.165) is 26.4 Å². The van der Waals surface area contributed by atoms with E-state index in [2.05, 4.69) is 21.2 Å². The number of nitrogens with one attached hydrogen (secondary N) is 1. The van der Waals surface area contributed by atoms with Gasteiger partial charge in [-0.15, -0.1) is 0 Å². The number of aromatic nitrogens is 1. The molecule has 1 saturated heterocycles. The fraction of sp³-hybridized carbons (Fsp3) is 0.0833. The van der Waals surface area contributed by atoms with Crippen molar-refractivity contribution in [3.05, 3.63) is 86.1 Å². The number of carbonyl (C=O) groups is 3. The van der Waals surface area contributed by atoms with E-state index in [1.54, 1.807) is 6.07 Å². The van der Waals surface area contributed by atoms with E-state index in [-0.39, 0.29) is 21.9 Å². The van der Waals surface area contributed by atoms with Gasteiger partial charge in [-0.25, -0.2) is 4.79 Å². The third-order valence-corrected chi connectivity index (χ3v) is 6.90. The lowest BCUT2D eigenvalue weighted by Crippen LogP contribution is -2.54. The molecule has 34 heavy (non-hydrogen) atoms. The van der Waals surface area contributed by atoms with Crippen molar-refractivity contribution in [3.63, 3.8) is 0 Å². The van der Waals surface area contributed by atoms with Crippen LogP contribution in [0.5, 0.6) is 0 Å². The number of nitrogens with zero attached hydrogens (tertiary/aromatic N) is 2. The second kappa shape index (κ2) is 9.17. The average molecular weight is 559 g/mol. The van der Waals surface area contributed by atoms with Gasteiger partial charge in [0, 0.05) is 21.5 Å². The lowest BCUT2D eigenvalue weighted by atomic mass is 10.1.